The summed E-state index contributed by atoms with van der Waals surface area (Å²) in [5, 5.41) is 0. The molecule has 0 fully saturated rings. The molecule has 0 amide bonds. The highest BCUT2D eigenvalue weighted by atomic mass is 32.3. The highest BCUT2D eigenvalue weighted by Crippen LogP contribution is 2.41. The fourth-order valence-electron chi connectivity index (χ4n) is 2.68. The molecule has 1 atom stereocenters. The molecule has 0 bridgehead atoms. The summed E-state index contributed by atoms with van der Waals surface area (Å²) in [7, 11) is -5.96. The lowest BCUT2D eigenvalue weighted by atomic mass is 10.0. The van der Waals surface area contributed by atoms with Gasteiger partial charge in [-0.05, 0) is 30.7 Å². The monoisotopic (exact) mass is 420 g/mol. The molecule has 152 valence electrons. The zero-order valence-electron chi connectivity index (χ0n) is 15.8. The molecule has 1 unspecified atom stereocenters. The maximum Gasteiger partial charge on any atom is 0.330 e. The molecule has 0 aliphatic heterocycles. The van der Waals surface area contributed by atoms with Crippen LogP contribution in [0.15, 0.2) is 36.4 Å². The van der Waals surface area contributed by atoms with Crippen molar-refractivity contribution in [1.82, 2.24) is 0 Å². The summed E-state index contributed by atoms with van der Waals surface area (Å²) in [6, 6.07) is 6.09. The van der Waals surface area contributed by atoms with E-state index in [1.54, 1.807) is 19.1 Å². The number of sulfone groups is 2. The van der Waals surface area contributed by atoms with Crippen molar-refractivity contribution in [2.75, 3.05) is 33.3 Å². The molecule has 0 saturated heterocycles. The van der Waals surface area contributed by atoms with Crippen LogP contribution in [0, 0.1) is 0 Å². The minimum atomic E-state index is -4.31. The number of benzene rings is 1. The SMILES string of the molecule is CCOC(=O)/C=C/C(C(OC)c1ccc(OC)cc1)(S(C)(=O)=O)S(C)(=O)=O. The van der Waals surface area contributed by atoms with Crippen LogP contribution in [0.25, 0.3) is 0 Å². The Morgan fingerprint density at radius 1 is 1.07 bits per heavy atom. The Bertz CT molecular complexity index is 851. The average Bonchev–Trinajstić information content (AvgIpc) is 2.56. The van der Waals surface area contributed by atoms with Crippen molar-refractivity contribution >= 4 is 25.6 Å². The summed E-state index contributed by atoms with van der Waals surface area (Å²) in [6.07, 6.45) is 1.73. The lowest BCUT2D eigenvalue weighted by Crippen LogP contribution is -2.49. The van der Waals surface area contributed by atoms with Gasteiger partial charge in [-0.25, -0.2) is 21.6 Å². The quantitative estimate of drug-likeness (QED) is 0.434. The van der Waals surface area contributed by atoms with E-state index >= 15 is 0 Å². The van der Waals surface area contributed by atoms with Gasteiger partial charge in [-0.1, -0.05) is 12.1 Å². The molecule has 27 heavy (non-hydrogen) atoms. The Morgan fingerprint density at radius 3 is 1.96 bits per heavy atom. The Labute approximate surface area is 160 Å². The molecule has 0 spiro atoms. The second-order valence-corrected chi connectivity index (χ2v) is 10.4. The van der Waals surface area contributed by atoms with Gasteiger partial charge in [0.05, 0.1) is 13.7 Å². The van der Waals surface area contributed by atoms with Crippen molar-refractivity contribution in [3.05, 3.63) is 42.0 Å². The summed E-state index contributed by atoms with van der Waals surface area (Å²) < 4.78 is 63.3. The standard InChI is InChI=1S/C17H24O8S2/c1-6-25-15(18)11-12-17(26(4,19)20,27(5,21)22)16(24-3)13-7-9-14(23-2)10-8-13/h7-12,16H,6H2,1-5H3/b12-11+. The largest absolute Gasteiger partial charge is 0.497 e. The van der Waals surface area contributed by atoms with Gasteiger partial charge in [0.25, 0.3) is 0 Å². The summed E-state index contributed by atoms with van der Waals surface area (Å²) in [5.41, 5.74) is 0.280. The van der Waals surface area contributed by atoms with Gasteiger partial charge < -0.3 is 14.2 Å². The Balaban J connectivity index is 3.74. The van der Waals surface area contributed by atoms with Crippen LogP contribution in [-0.4, -0.2) is 60.2 Å². The van der Waals surface area contributed by atoms with E-state index in [1.165, 1.54) is 26.4 Å². The highest BCUT2D eigenvalue weighted by molar-refractivity contribution is 8.10. The number of hydrogen-bond donors (Lipinski definition) is 0. The van der Waals surface area contributed by atoms with Gasteiger partial charge in [0.2, 0.25) is 4.08 Å². The third-order valence-electron chi connectivity index (χ3n) is 3.92. The molecule has 0 N–H and O–H groups in total. The number of rotatable bonds is 9. The predicted molar refractivity (Wildman–Crippen MR) is 101 cm³/mol. The zero-order chi connectivity index (χ0) is 20.9. The van der Waals surface area contributed by atoms with E-state index in [1.807, 2.05) is 0 Å². The second-order valence-electron chi connectivity index (χ2n) is 5.74. The van der Waals surface area contributed by atoms with Crippen LogP contribution in [-0.2, 0) is 33.9 Å². The van der Waals surface area contributed by atoms with Crippen LogP contribution in [0.3, 0.4) is 0 Å². The molecule has 0 aliphatic carbocycles. The first-order valence-corrected chi connectivity index (χ1v) is 11.6. The number of hydrogen-bond acceptors (Lipinski definition) is 8. The van der Waals surface area contributed by atoms with E-state index in [0.29, 0.717) is 5.75 Å². The molecular formula is C17H24O8S2. The third kappa shape index (κ3) is 4.88. The first kappa shape index (κ1) is 23.1. The summed E-state index contributed by atoms with van der Waals surface area (Å²) in [6.45, 7) is 1.63. The summed E-state index contributed by atoms with van der Waals surface area (Å²) in [5.74, 6) is -0.362. The topological polar surface area (TPSA) is 113 Å². The smallest absolute Gasteiger partial charge is 0.330 e. The van der Waals surface area contributed by atoms with E-state index in [2.05, 4.69) is 0 Å². The Hall–Kier alpha value is -1.91. The molecule has 0 radical (unpaired) electrons. The zero-order valence-corrected chi connectivity index (χ0v) is 17.5. The molecule has 0 heterocycles. The fraction of sp³-hybridized carbons (Fsp3) is 0.471. The van der Waals surface area contributed by atoms with Crippen molar-refractivity contribution < 1.29 is 35.8 Å². The van der Waals surface area contributed by atoms with Gasteiger partial charge in [-0.15, -0.1) is 0 Å². The molecule has 1 aromatic rings. The van der Waals surface area contributed by atoms with Gasteiger partial charge in [-0.3, -0.25) is 0 Å². The molecular weight excluding hydrogens is 396 g/mol. The number of methoxy groups -OCH3 is 2. The van der Waals surface area contributed by atoms with E-state index in [4.69, 9.17) is 14.2 Å². The normalized spacial score (nSPS) is 14.1. The molecule has 8 nitrogen and oxygen atoms in total. The summed E-state index contributed by atoms with van der Waals surface area (Å²) in [4.78, 5) is 11.7. The van der Waals surface area contributed by atoms with Gasteiger partial charge in [0.15, 0.2) is 19.7 Å². The summed E-state index contributed by atoms with van der Waals surface area (Å²) >= 11 is 0. The van der Waals surface area contributed by atoms with Crippen LogP contribution in [0.2, 0.25) is 0 Å². The van der Waals surface area contributed by atoms with Crippen molar-refractivity contribution in [2.45, 2.75) is 17.1 Å². The highest BCUT2D eigenvalue weighted by Gasteiger charge is 2.56. The molecule has 1 aromatic carbocycles. The lowest BCUT2D eigenvalue weighted by molar-refractivity contribution is -0.137. The molecule has 1 rings (SSSR count). The van der Waals surface area contributed by atoms with Crippen LogP contribution < -0.4 is 4.74 Å². The van der Waals surface area contributed by atoms with Crippen LogP contribution >= 0.6 is 0 Å². The van der Waals surface area contributed by atoms with Crippen molar-refractivity contribution in [3.8, 4) is 5.75 Å². The van der Waals surface area contributed by atoms with Gasteiger partial charge in [0, 0.05) is 25.7 Å². The first-order valence-electron chi connectivity index (χ1n) is 7.86. The van der Waals surface area contributed by atoms with E-state index in [0.717, 1.165) is 24.7 Å². The van der Waals surface area contributed by atoms with E-state index < -0.39 is 35.8 Å². The molecule has 10 heteroatoms. The number of esters is 1. The second kappa shape index (κ2) is 8.85. The van der Waals surface area contributed by atoms with Gasteiger partial charge in [0.1, 0.15) is 11.9 Å². The van der Waals surface area contributed by atoms with Crippen LogP contribution in [0.4, 0.5) is 0 Å². The van der Waals surface area contributed by atoms with Gasteiger partial charge in [-0.2, -0.15) is 0 Å². The van der Waals surface area contributed by atoms with E-state index in [9.17, 15) is 21.6 Å². The van der Waals surface area contributed by atoms with Crippen molar-refractivity contribution in [1.29, 1.82) is 0 Å². The van der Waals surface area contributed by atoms with Crippen LogP contribution in [0.5, 0.6) is 5.75 Å². The number of ether oxygens (including phenoxy) is 3. The maximum absolute atomic E-state index is 12.7. The number of carbonyl (C=O) groups excluding carboxylic acids is 1. The van der Waals surface area contributed by atoms with Crippen LogP contribution in [0.1, 0.15) is 18.6 Å². The maximum atomic E-state index is 12.7. The van der Waals surface area contributed by atoms with Crippen molar-refractivity contribution in [2.24, 2.45) is 0 Å². The Kier molecular flexibility index (Phi) is 7.58. The predicted octanol–water partition coefficient (Wildman–Crippen LogP) is 1.29. The lowest BCUT2D eigenvalue weighted by Gasteiger charge is -2.34. The van der Waals surface area contributed by atoms with Gasteiger partial charge >= 0.3 is 5.97 Å². The minimum absolute atomic E-state index is 0.0557. The molecule has 0 aromatic heterocycles. The fourth-order valence-corrected chi connectivity index (χ4v) is 6.76. The Morgan fingerprint density at radius 2 is 1.59 bits per heavy atom. The number of carbonyl (C=O) groups is 1. The third-order valence-corrected chi connectivity index (χ3v) is 8.75. The first-order chi connectivity index (χ1) is 12.4. The molecule has 0 aliphatic rings. The minimum Gasteiger partial charge on any atom is -0.497 e. The average molecular weight is 421 g/mol. The van der Waals surface area contributed by atoms with Crippen molar-refractivity contribution in [3.63, 3.8) is 0 Å². The van der Waals surface area contributed by atoms with E-state index in [-0.39, 0.29) is 12.2 Å². The molecule has 0 saturated carbocycles.